The van der Waals surface area contributed by atoms with Gasteiger partial charge >= 0.3 is 5.97 Å². The monoisotopic (exact) mass is 383 g/mol. The Hall–Kier alpha value is -2.22. The van der Waals surface area contributed by atoms with E-state index in [4.69, 9.17) is 5.11 Å². The number of nitrogens with zero attached hydrogens (tertiary/aromatic N) is 2. The fraction of sp³-hybridized carbons (Fsp3) is 0.267. The lowest BCUT2D eigenvalue weighted by Gasteiger charge is -2.19. The van der Waals surface area contributed by atoms with Gasteiger partial charge in [0.05, 0.1) is 22.8 Å². The molecule has 0 saturated carbocycles. The van der Waals surface area contributed by atoms with Crippen molar-refractivity contribution >= 4 is 33.5 Å². The number of aromatic nitrogens is 2. The number of carbonyl (C=O) groups is 2. The van der Waals surface area contributed by atoms with E-state index in [-0.39, 0.29) is 12.3 Å². The van der Waals surface area contributed by atoms with E-state index < -0.39 is 17.3 Å². The summed E-state index contributed by atoms with van der Waals surface area (Å²) < 4.78 is 15.0. The average Bonchev–Trinajstić information content (AvgIpc) is 2.91. The molecule has 1 aromatic heterocycles. The van der Waals surface area contributed by atoms with Gasteiger partial charge < -0.3 is 10.4 Å². The third-order valence-electron chi connectivity index (χ3n) is 3.31. The lowest BCUT2D eigenvalue weighted by atomic mass is 10.1. The van der Waals surface area contributed by atoms with Crippen molar-refractivity contribution < 1.29 is 19.1 Å². The van der Waals surface area contributed by atoms with Crippen molar-refractivity contribution in [3.8, 4) is 0 Å². The number of hydrogen-bond acceptors (Lipinski definition) is 3. The number of aliphatic carboxylic acids is 1. The fourth-order valence-corrected chi connectivity index (χ4v) is 2.08. The molecule has 6 nitrogen and oxygen atoms in total. The van der Waals surface area contributed by atoms with E-state index in [1.807, 2.05) is 0 Å². The first-order valence-corrected chi connectivity index (χ1v) is 7.52. The maximum absolute atomic E-state index is 13.4. The maximum atomic E-state index is 13.4. The topological polar surface area (TPSA) is 84.2 Å². The smallest absolute Gasteiger partial charge is 0.331 e. The van der Waals surface area contributed by atoms with E-state index >= 15 is 0 Å². The van der Waals surface area contributed by atoms with Crippen molar-refractivity contribution in [1.82, 2.24) is 9.78 Å². The number of carbonyl (C=O) groups excluding carboxylic acids is 1. The van der Waals surface area contributed by atoms with Gasteiger partial charge in [-0.1, -0.05) is 6.07 Å². The standard InChI is InChI=1S/C15H15BrFN3O3/c1-15(2,14(22)23)20-8-10(7-18-20)19-13(21)6-9-3-4-11(16)12(17)5-9/h3-5,7-8H,6H2,1-2H3,(H,19,21)(H,22,23). The van der Waals surface area contributed by atoms with Crippen LogP contribution in [0.1, 0.15) is 19.4 Å². The highest BCUT2D eigenvalue weighted by molar-refractivity contribution is 9.10. The van der Waals surface area contributed by atoms with Crippen LogP contribution in [0.15, 0.2) is 35.1 Å². The van der Waals surface area contributed by atoms with Gasteiger partial charge in [-0.2, -0.15) is 5.10 Å². The van der Waals surface area contributed by atoms with Gasteiger partial charge in [0.1, 0.15) is 5.82 Å². The third-order valence-corrected chi connectivity index (χ3v) is 3.95. The molecule has 0 fully saturated rings. The lowest BCUT2D eigenvalue weighted by Crippen LogP contribution is -2.35. The van der Waals surface area contributed by atoms with E-state index in [0.29, 0.717) is 15.7 Å². The Kier molecular flexibility index (Phi) is 4.84. The van der Waals surface area contributed by atoms with Gasteiger partial charge in [-0.25, -0.2) is 9.18 Å². The van der Waals surface area contributed by atoms with E-state index in [1.54, 1.807) is 6.07 Å². The molecule has 2 rings (SSSR count). The normalized spacial score (nSPS) is 11.3. The van der Waals surface area contributed by atoms with Gasteiger partial charge in [0.25, 0.3) is 0 Å². The number of hydrogen-bond donors (Lipinski definition) is 2. The van der Waals surface area contributed by atoms with Crippen molar-refractivity contribution in [2.75, 3.05) is 5.32 Å². The molecular formula is C15H15BrFN3O3. The number of rotatable bonds is 5. The molecule has 0 bridgehead atoms. The highest BCUT2D eigenvalue weighted by atomic mass is 79.9. The molecule has 0 aliphatic heterocycles. The van der Waals surface area contributed by atoms with Crippen molar-refractivity contribution in [2.45, 2.75) is 25.8 Å². The highest BCUT2D eigenvalue weighted by Gasteiger charge is 2.30. The molecule has 1 heterocycles. The molecular weight excluding hydrogens is 369 g/mol. The van der Waals surface area contributed by atoms with Crippen molar-refractivity contribution in [3.05, 3.63) is 46.4 Å². The Bertz CT molecular complexity index is 758. The van der Waals surface area contributed by atoms with Crippen molar-refractivity contribution in [3.63, 3.8) is 0 Å². The molecule has 2 aromatic rings. The van der Waals surface area contributed by atoms with Crippen LogP contribution >= 0.6 is 15.9 Å². The summed E-state index contributed by atoms with van der Waals surface area (Å²) in [4.78, 5) is 23.1. The molecule has 0 atom stereocenters. The molecule has 2 N–H and O–H groups in total. The molecule has 0 unspecified atom stereocenters. The maximum Gasteiger partial charge on any atom is 0.331 e. The number of anilines is 1. The first kappa shape index (κ1) is 17.1. The first-order valence-electron chi connectivity index (χ1n) is 6.72. The van der Waals surface area contributed by atoms with Gasteiger partial charge in [-0.3, -0.25) is 9.48 Å². The number of carboxylic acid groups (broad SMARTS) is 1. The predicted molar refractivity (Wildman–Crippen MR) is 85.6 cm³/mol. The van der Waals surface area contributed by atoms with Crippen LogP contribution in [0.5, 0.6) is 0 Å². The van der Waals surface area contributed by atoms with E-state index in [0.717, 1.165) is 0 Å². The second-order valence-electron chi connectivity index (χ2n) is 5.51. The highest BCUT2D eigenvalue weighted by Crippen LogP contribution is 2.19. The second kappa shape index (κ2) is 6.49. The lowest BCUT2D eigenvalue weighted by molar-refractivity contribution is -0.146. The Morgan fingerprint density at radius 2 is 2.13 bits per heavy atom. The molecule has 0 spiro atoms. The summed E-state index contributed by atoms with van der Waals surface area (Å²) >= 11 is 3.05. The largest absolute Gasteiger partial charge is 0.479 e. The zero-order valence-electron chi connectivity index (χ0n) is 12.5. The van der Waals surface area contributed by atoms with Crippen LogP contribution in [-0.2, 0) is 21.5 Å². The van der Waals surface area contributed by atoms with Crippen LogP contribution in [0.2, 0.25) is 0 Å². The summed E-state index contributed by atoms with van der Waals surface area (Å²) in [7, 11) is 0. The van der Waals surface area contributed by atoms with E-state index in [1.165, 1.54) is 43.1 Å². The summed E-state index contributed by atoms with van der Waals surface area (Å²) in [5.74, 6) is -1.82. The molecule has 0 saturated heterocycles. The zero-order valence-corrected chi connectivity index (χ0v) is 14.1. The summed E-state index contributed by atoms with van der Waals surface area (Å²) in [5, 5.41) is 15.7. The van der Waals surface area contributed by atoms with Crippen LogP contribution in [0.3, 0.4) is 0 Å². The summed E-state index contributed by atoms with van der Waals surface area (Å²) in [6.45, 7) is 3.00. The molecule has 1 aromatic carbocycles. The van der Waals surface area contributed by atoms with Crippen LogP contribution < -0.4 is 5.32 Å². The molecule has 23 heavy (non-hydrogen) atoms. The summed E-state index contributed by atoms with van der Waals surface area (Å²) in [6, 6.07) is 4.45. The van der Waals surface area contributed by atoms with Crippen molar-refractivity contribution in [1.29, 1.82) is 0 Å². The van der Waals surface area contributed by atoms with Crippen molar-refractivity contribution in [2.24, 2.45) is 0 Å². The molecule has 1 amide bonds. The Morgan fingerprint density at radius 1 is 1.43 bits per heavy atom. The minimum absolute atomic E-state index is 0.00228. The predicted octanol–water partition coefficient (Wildman–Crippen LogP) is 2.79. The molecule has 0 aliphatic carbocycles. The fourth-order valence-electron chi connectivity index (χ4n) is 1.83. The molecule has 0 radical (unpaired) electrons. The second-order valence-corrected chi connectivity index (χ2v) is 6.37. The van der Waals surface area contributed by atoms with Gasteiger partial charge in [0.2, 0.25) is 5.91 Å². The first-order chi connectivity index (χ1) is 10.7. The minimum atomic E-state index is -1.22. The van der Waals surface area contributed by atoms with Crippen LogP contribution in [0.4, 0.5) is 10.1 Å². The zero-order chi connectivity index (χ0) is 17.2. The number of nitrogens with one attached hydrogen (secondary N) is 1. The third kappa shape index (κ3) is 3.95. The quantitative estimate of drug-likeness (QED) is 0.831. The van der Waals surface area contributed by atoms with Crippen LogP contribution in [-0.4, -0.2) is 26.8 Å². The molecule has 0 aliphatic rings. The summed E-state index contributed by atoms with van der Waals surface area (Å²) in [5.41, 5.74) is -0.318. The van der Waals surface area contributed by atoms with Gasteiger partial charge in [0, 0.05) is 6.20 Å². The molecule has 8 heteroatoms. The number of halogens is 2. The number of benzene rings is 1. The average molecular weight is 384 g/mol. The SMILES string of the molecule is CC(C)(C(=O)O)n1cc(NC(=O)Cc2ccc(Br)c(F)c2)cn1. The van der Waals surface area contributed by atoms with E-state index in [2.05, 4.69) is 26.3 Å². The Balaban J connectivity index is 2.05. The minimum Gasteiger partial charge on any atom is -0.479 e. The molecule has 122 valence electrons. The van der Waals surface area contributed by atoms with Crippen LogP contribution in [0, 0.1) is 5.82 Å². The van der Waals surface area contributed by atoms with Gasteiger partial charge in [0.15, 0.2) is 5.54 Å². The summed E-state index contributed by atoms with van der Waals surface area (Å²) in [6.07, 6.45) is 2.80. The Labute approximate surface area is 140 Å². The van der Waals surface area contributed by atoms with Crippen LogP contribution in [0.25, 0.3) is 0 Å². The number of carboxylic acids is 1. The van der Waals surface area contributed by atoms with E-state index in [9.17, 15) is 14.0 Å². The Morgan fingerprint density at radius 3 is 2.74 bits per heavy atom. The van der Waals surface area contributed by atoms with Gasteiger partial charge in [-0.15, -0.1) is 0 Å². The number of amides is 1. The van der Waals surface area contributed by atoms with Gasteiger partial charge in [-0.05, 0) is 47.5 Å².